The molecule has 0 aliphatic rings. The number of nitrogens with two attached hydrogens (primary N) is 1. The maximum atomic E-state index is 12.0. The van der Waals surface area contributed by atoms with E-state index < -0.39 is 31.0 Å². The zero-order valence-electron chi connectivity index (χ0n) is 12.2. The molecule has 118 valence electrons. The molecule has 1 atom stereocenters. The number of carbonyl (C=O) groups excluding carboxylic acids is 1. The second-order valence-corrected chi connectivity index (χ2v) is 5.35. The molecule has 0 aliphatic carbocycles. The second kappa shape index (κ2) is 7.45. The molecule has 0 fully saturated rings. The van der Waals surface area contributed by atoms with E-state index in [1.165, 1.54) is 5.56 Å². The van der Waals surface area contributed by atoms with Crippen LogP contribution in [0.5, 0.6) is 0 Å². The van der Waals surface area contributed by atoms with Crippen molar-refractivity contribution < 1.29 is 18.0 Å². The van der Waals surface area contributed by atoms with Gasteiger partial charge in [-0.15, -0.1) is 0 Å². The first kappa shape index (κ1) is 17.5. The molecular weight excluding hydrogens is 281 g/mol. The summed E-state index contributed by atoms with van der Waals surface area (Å²) in [6.45, 7) is 4.28. The fourth-order valence-electron chi connectivity index (χ4n) is 1.81. The predicted octanol–water partition coefficient (Wildman–Crippen LogP) is 3.27. The van der Waals surface area contributed by atoms with Crippen LogP contribution in [0.1, 0.15) is 49.8 Å². The lowest BCUT2D eigenvalue weighted by Crippen LogP contribution is -2.32. The van der Waals surface area contributed by atoms with Gasteiger partial charge in [0.1, 0.15) is 0 Å². The van der Waals surface area contributed by atoms with Gasteiger partial charge in [0.2, 0.25) is 5.91 Å². The predicted molar refractivity (Wildman–Crippen MR) is 75.8 cm³/mol. The summed E-state index contributed by atoms with van der Waals surface area (Å²) in [4.78, 5) is 11.3. The summed E-state index contributed by atoms with van der Waals surface area (Å²) in [5.41, 5.74) is 7.94. The lowest BCUT2D eigenvalue weighted by Gasteiger charge is -2.15. The van der Waals surface area contributed by atoms with Crippen molar-refractivity contribution in [3.05, 3.63) is 35.4 Å². The summed E-state index contributed by atoms with van der Waals surface area (Å²) in [5.74, 6) is -0.223. The third-order valence-electron chi connectivity index (χ3n) is 3.19. The first-order chi connectivity index (χ1) is 9.69. The SMILES string of the molecule is CC(C)c1ccc(C(N)CNC(=O)CCC(F)(F)F)cc1. The van der Waals surface area contributed by atoms with Gasteiger partial charge in [-0.25, -0.2) is 0 Å². The Balaban J connectivity index is 2.42. The van der Waals surface area contributed by atoms with E-state index in [4.69, 9.17) is 5.73 Å². The molecule has 1 aromatic carbocycles. The van der Waals surface area contributed by atoms with Gasteiger partial charge in [0.05, 0.1) is 6.42 Å². The number of benzene rings is 1. The Labute approximate surface area is 122 Å². The van der Waals surface area contributed by atoms with Crippen LogP contribution >= 0.6 is 0 Å². The van der Waals surface area contributed by atoms with Gasteiger partial charge in [0, 0.05) is 19.0 Å². The molecule has 1 unspecified atom stereocenters. The Morgan fingerprint density at radius 1 is 1.19 bits per heavy atom. The Morgan fingerprint density at radius 3 is 2.19 bits per heavy atom. The molecule has 1 aromatic rings. The number of nitrogens with one attached hydrogen (secondary N) is 1. The largest absolute Gasteiger partial charge is 0.389 e. The van der Waals surface area contributed by atoms with Crippen LogP contribution in [0.4, 0.5) is 13.2 Å². The van der Waals surface area contributed by atoms with Gasteiger partial charge in [-0.05, 0) is 17.0 Å². The number of halogens is 3. The fourth-order valence-corrected chi connectivity index (χ4v) is 1.81. The lowest BCUT2D eigenvalue weighted by molar-refractivity contribution is -0.144. The number of hydrogen-bond donors (Lipinski definition) is 2. The molecule has 0 bridgehead atoms. The highest BCUT2D eigenvalue weighted by Gasteiger charge is 2.27. The van der Waals surface area contributed by atoms with E-state index in [1.807, 2.05) is 24.3 Å². The Kier molecular flexibility index (Phi) is 6.20. The smallest absolute Gasteiger partial charge is 0.354 e. The van der Waals surface area contributed by atoms with E-state index in [2.05, 4.69) is 19.2 Å². The third-order valence-corrected chi connectivity index (χ3v) is 3.19. The van der Waals surface area contributed by atoms with Crippen LogP contribution in [-0.4, -0.2) is 18.6 Å². The van der Waals surface area contributed by atoms with Gasteiger partial charge in [-0.2, -0.15) is 13.2 Å². The van der Waals surface area contributed by atoms with Crippen LogP contribution in [0.2, 0.25) is 0 Å². The molecule has 0 heterocycles. The summed E-state index contributed by atoms with van der Waals surface area (Å²) in [5, 5.41) is 2.43. The van der Waals surface area contributed by atoms with Crippen molar-refractivity contribution in [3.8, 4) is 0 Å². The quantitative estimate of drug-likeness (QED) is 0.847. The standard InChI is InChI=1S/C15H21F3N2O/c1-10(2)11-3-5-12(6-4-11)13(19)9-20-14(21)7-8-15(16,17)18/h3-6,10,13H,7-9,19H2,1-2H3,(H,20,21). The molecule has 0 spiro atoms. The fraction of sp³-hybridized carbons (Fsp3) is 0.533. The minimum atomic E-state index is -4.31. The summed E-state index contributed by atoms with van der Waals surface area (Å²) >= 11 is 0. The van der Waals surface area contributed by atoms with Crippen LogP contribution in [0.15, 0.2) is 24.3 Å². The molecule has 3 N–H and O–H groups in total. The zero-order chi connectivity index (χ0) is 16.0. The van der Waals surface area contributed by atoms with E-state index in [-0.39, 0.29) is 6.54 Å². The van der Waals surface area contributed by atoms with Gasteiger partial charge < -0.3 is 11.1 Å². The monoisotopic (exact) mass is 302 g/mol. The topological polar surface area (TPSA) is 55.1 Å². The summed E-state index contributed by atoms with van der Waals surface area (Å²) < 4.78 is 35.9. The zero-order valence-corrected chi connectivity index (χ0v) is 12.2. The van der Waals surface area contributed by atoms with E-state index >= 15 is 0 Å². The molecule has 3 nitrogen and oxygen atoms in total. The van der Waals surface area contributed by atoms with Crippen molar-refractivity contribution in [3.63, 3.8) is 0 Å². The molecule has 0 aliphatic heterocycles. The van der Waals surface area contributed by atoms with Gasteiger partial charge in [0.15, 0.2) is 0 Å². The van der Waals surface area contributed by atoms with E-state index in [0.29, 0.717) is 5.92 Å². The molecule has 1 amide bonds. The van der Waals surface area contributed by atoms with E-state index in [0.717, 1.165) is 5.56 Å². The maximum absolute atomic E-state index is 12.0. The second-order valence-electron chi connectivity index (χ2n) is 5.35. The van der Waals surface area contributed by atoms with Crippen LogP contribution < -0.4 is 11.1 Å². The Morgan fingerprint density at radius 2 is 1.71 bits per heavy atom. The van der Waals surface area contributed by atoms with Crippen molar-refractivity contribution in [1.29, 1.82) is 0 Å². The molecule has 0 saturated heterocycles. The average molecular weight is 302 g/mol. The van der Waals surface area contributed by atoms with E-state index in [9.17, 15) is 18.0 Å². The van der Waals surface area contributed by atoms with Crippen LogP contribution in [0, 0.1) is 0 Å². The minimum Gasteiger partial charge on any atom is -0.354 e. The molecule has 21 heavy (non-hydrogen) atoms. The summed E-state index contributed by atoms with van der Waals surface area (Å²) in [6, 6.07) is 7.25. The van der Waals surface area contributed by atoms with Gasteiger partial charge in [-0.3, -0.25) is 4.79 Å². The number of hydrogen-bond acceptors (Lipinski definition) is 2. The number of amides is 1. The molecule has 0 aromatic heterocycles. The molecular formula is C15H21F3N2O. The number of carbonyl (C=O) groups is 1. The number of rotatable bonds is 6. The Hall–Kier alpha value is -1.56. The summed E-state index contributed by atoms with van der Waals surface area (Å²) in [7, 11) is 0. The number of alkyl halides is 3. The van der Waals surface area contributed by atoms with Crippen molar-refractivity contribution in [2.75, 3.05) is 6.54 Å². The van der Waals surface area contributed by atoms with Crippen molar-refractivity contribution in [2.24, 2.45) is 5.73 Å². The van der Waals surface area contributed by atoms with Crippen molar-refractivity contribution in [2.45, 2.75) is 44.8 Å². The van der Waals surface area contributed by atoms with E-state index in [1.54, 1.807) is 0 Å². The van der Waals surface area contributed by atoms with Gasteiger partial charge in [0.25, 0.3) is 0 Å². The average Bonchev–Trinajstić information content (AvgIpc) is 2.41. The lowest BCUT2D eigenvalue weighted by atomic mass is 9.99. The van der Waals surface area contributed by atoms with Crippen LogP contribution in [0.25, 0.3) is 0 Å². The highest BCUT2D eigenvalue weighted by Crippen LogP contribution is 2.21. The Bertz CT molecular complexity index is 455. The molecule has 0 radical (unpaired) electrons. The highest BCUT2D eigenvalue weighted by molar-refractivity contribution is 5.75. The van der Waals surface area contributed by atoms with Gasteiger partial charge >= 0.3 is 6.18 Å². The third kappa shape index (κ3) is 6.62. The first-order valence-electron chi connectivity index (χ1n) is 6.88. The molecule has 6 heteroatoms. The molecule has 1 rings (SSSR count). The van der Waals surface area contributed by atoms with Crippen LogP contribution in [0.3, 0.4) is 0 Å². The van der Waals surface area contributed by atoms with Gasteiger partial charge in [-0.1, -0.05) is 38.1 Å². The minimum absolute atomic E-state index is 0.123. The van der Waals surface area contributed by atoms with Crippen LogP contribution in [-0.2, 0) is 4.79 Å². The van der Waals surface area contributed by atoms with Crippen molar-refractivity contribution in [1.82, 2.24) is 5.32 Å². The first-order valence-corrected chi connectivity index (χ1v) is 6.88. The van der Waals surface area contributed by atoms with Crippen molar-refractivity contribution >= 4 is 5.91 Å². The normalized spacial score (nSPS) is 13.3. The maximum Gasteiger partial charge on any atom is 0.389 e. The molecule has 0 saturated carbocycles. The highest BCUT2D eigenvalue weighted by atomic mass is 19.4. The summed E-state index contributed by atoms with van der Waals surface area (Å²) in [6.07, 6.45) is -5.99.